The van der Waals surface area contributed by atoms with Gasteiger partial charge in [0, 0.05) is 16.1 Å². The molecule has 2 aromatic carbocycles. The zero-order valence-corrected chi connectivity index (χ0v) is 14.7. The summed E-state index contributed by atoms with van der Waals surface area (Å²) in [7, 11) is 1.79. The van der Waals surface area contributed by atoms with Crippen LogP contribution in [0.1, 0.15) is 29.2 Å². The second-order valence-corrected chi connectivity index (χ2v) is 7.17. The van der Waals surface area contributed by atoms with Crippen molar-refractivity contribution in [1.82, 2.24) is 0 Å². The standard InChI is InChI=1S/C17H16Br2O/c1-17(20-2)15-7-5-13(18)9-11(15)3-4-12-10-14(19)6-8-16(12)17/h5-10H,3-4H2,1-2H3. The van der Waals surface area contributed by atoms with Gasteiger partial charge < -0.3 is 4.74 Å². The van der Waals surface area contributed by atoms with Gasteiger partial charge in [-0.2, -0.15) is 0 Å². The molecule has 0 fully saturated rings. The Morgan fingerprint density at radius 2 is 1.35 bits per heavy atom. The van der Waals surface area contributed by atoms with Crippen molar-refractivity contribution < 1.29 is 4.74 Å². The molecular weight excluding hydrogens is 380 g/mol. The minimum Gasteiger partial charge on any atom is -0.369 e. The monoisotopic (exact) mass is 394 g/mol. The lowest BCUT2D eigenvalue weighted by Gasteiger charge is -2.31. The van der Waals surface area contributed by atoms with Gasteiger partial charge in [-0.05, 0) is 66.3 Å². The Bertz CT molecular complexity index is 611. The van der Waals surface area contributed by atoms with Crippen LogP contribution in [0.3, 0.4) is 0 Å². The molecular formula is C17H16Br2O. The molecule has 0 N–H and O–H groups in total. The first-order valence-electron chi connectivity index (χ1n) is 6.67. The molecule has 0 unspecified atom stereocenters. The first-order chi connectivity index (χ1) is 9.54. The van der Waals surface area contributed by atoms with Gasteiger partial charge in [0.15, 0.2) is 0 Å². The molecule has 1 aliphatic carbocycles. The zero-order valence-electron chi connectivity index (χ0n) is 11.5. The van der Waals surface area contributed by atoms with Crippen LogP contribution in [-0.2, 0) is 23.2 Å². The van der Waals surface area contributed by atoms with E-state index in [4.69, 9.17) is 4.74 Å². The molecule has 0 aromatic heterocycles. The van der Waals surface area contributed by atoms with Crippen LogP contribution in [0.2, 0.25) is 0 Å². The Labute approximate surface area is 136 Å². The van der Waals surface area contributed by atoms with E-state index in [1.165, 1.54) is 22.3 Å². The number of halogens is 2. The molecule has 1 aliphatic rings. The molecule has 0 saturated carbocycles. The fraction of sp³-hybridized carbons (Fsp3) is 0.294. The first kappa shape index (κ1) is 14.3. The predicted molar refractivity (Wildman–Crippen MR) is 89.2 cm³/mol. The van der Waals surface area contributed by atoms with Crippen molar-refractivity contribution in [2.45, 2.75) is 25.4 Å². The van der Waals surface area contributed by atoms with Crippen LogP contribution in [0.25, 0.3) is 0 Å². The highest BCUT2D eigenvalue weighted by atomic mass is 79.9. The van der Waals surface area contributed by atoms with E-state index >= 15 is 0 Å². The average Bonchev–Trinajstić information content (AvgIpc) is 2.55. The molecule has 104 valence electrons. The van der Waals surface area contributed by atoms with Crippen molar-refractivity contribution in [1.29, 1.82) is 0 Å². The molecule has 0 bridgehead atoms. The average molecular weight is 396 g/mol. The molecule has 0 saturated heterocycles. The van der Waals surface area contributed by atoms with E-state index < -0.39 is 0 Å². The Hall–Kier alpha value is -0.640. The van der Waals surface area contributed by atoms with Crippen molar-refractivity contribution in [2.75, 3.05) is 7.11 Å². The van der Waals surface area contributed by atoms with Gasteiger partial charge in [-0.1, -0.05) is 44.0 Å². The maximum atomic E-state index is 5.96. The minimum atomic E-state index is -0.386. The van der Waals surface area contributed by atoms with Gasteiger partial charge in [0.2, 0.25) is 0 Å². The molecule has 0 radical (unpaired) electrons. The fourth-order valence-electron chi connectivity index (χ4n) is 3.10. The van der Waals surface area contributed by atoms with E-state index in [-0.39, 0.29) is 5.60 Å². The number of ether oxygens (including phenoxy) is 1. The Morgan fingerprint density at radius 1 is 0.900 bits per heavy atom. The van der Waals surface area contributed by atoms with Crippen LogP contribution >= 0.6 is 31.9 Å². The summed E-state index contributed by atoms with van der Waals surface area (Å²) in [6.45, 7) is 2.16. The summed E-state index contributed by atoms with van der Waals surface area (Å²) in [5, 5.41) is 0. The number of hydrogen-bond acceptors (Lipinski definition) is 1. The maximum Gasteiger partial charge on any atom is 0.115 e. The molecule has 20 heavy (non-hydrogen) atoms. The van der Waals surface area contributed by atoms with Gasteiger partial charge in [0.25, 0.3) is 0 Å². The van der Waals surface area contributed by atoms with Gasteiger partial charge in [-0.15, -0.1) is 0 Å². The molecule has 2 aromatic rings. The van der Waals surface area contributed by atoms with Crippen LogP contribution in [0.15, 0.2) is 45.3 Å². The zero-order chi connectivity index (χ0) is 14.3. The van der Waals surface area contributed by atoms with Crippen LogP contribution in [0, 0.1) is 0 Å². The molecule has 3 heteroatoms. The van der Waals surface area contributed by atoms with Crippen molar-refractivity contribution >= 4 is 31.9 Å². The third-order valence-corrected chi connectivity index (χ3v) is 5.22. The summed E-state index contributed by atoms with van der Waals surface area (Å²) in [5.41, 5.74) is 4.86. The SMILES string of the molecule is COC1(C)c2ccc(Br)cc2CCc2cc(Br)ccc21. The van der Waals surface area contributed by atoms with Crippen LogP contribution < -0.4 is 0 Å². The topological polar surface area (TPSA) is 9.23 Å². The smallest absolute Gasteiger partial charge is 0.115 e. The van der Waals surface area contributed by atoms with E-state index in [1.54, 1.807) is 7.11 Å². The van der Waals surface area contributed by atoms with Crippen LogP contribution in [0.4, 0.5) is 0 Å². The molecule has 1 nitrogen and oxygen atoms in total. The Morgan fingerprint density at radius 3 is 1.75 bits per heavy atom. The molecule has 0 spiro atoms. The molecule has 0 amide bonds. The lowest BCUT2D eigenvalue weighted by Crippen LogP contribution is -2.27. The number of methoxy groups -OCH3 is 1. The highest BCUT2D eigenvalue weighted by Crippen LogP contribution is 2.41. The number of hydrogen-bond donors (Lipinski definition) is 0. The number of rotatable bonds is 1. The molecule has 0 heterocycles. The quantitative estimate of drug-likeness (QED) is 0.643. The van der Waals surface area contributed by atoms with E-state index in [1.807, 2.05) is 0 Å². The van der Waals surface area contributed by atoms with Crippen molar-refractivity contribution in [3.8, 4) is 0 Å². The molecule has 3 rings (SSSR count). The highest BCUT2D eigenvalue weighted by Gasteiger charge is 2.35. The van der Waals surface area contributed by atoms with Crippen molar-refractivity contribution in [3.05, 3.63) is 67.6 Å². The van der Waals surface area contributed by atoms with E-state index in [2.05, 4.69) is 75.2 Å². The summed E-state index contributed by atoms with van der Waals surface area (Å²) >= 11 is 7.15. The Balaban J connectivity index is 2.27. The van der Waals surface area contributed by atoms with Gasteiger partial charge in [-0.3, -0.25) is 0 Å². The van der Waals surface area contributed by atoms with Crippen LogP contribution in [-0.4, -0.2) is 7.11 Å². The second kappa shape index (κ2) is 5.28. The summed E-state index contributed by atoms with van der Waals surface area (Å²) in [5.74, 6) is 0. The van der Waals surface area contributed by atoms with E-state index in [0.717, 1.165) is 21.8 Å². The largest absolute Gasteiger partial charge is 0.369 e. The third-order valence-electron chi connectivity index (χ3n) is 4.23. The normalized spacial score (nSPS) is 16.2. The maximum absolute atomic E-state index is 5.96. The fourth-order valence-corrected chi connectivity index (χ4v) is 3.92. The highest BCUT2D eigenvalue weighted by molar-refractivity contribution is 9.10. The van der Waals surface area contributed by atoms with Gasteiger partial charge >= 0.3 is 0 Å². The minimum absolute atomic E-state index is 0.386. The number of fused-ring (bicyclic) bond motifs is 2. The summed E-state index contributed by atoms with van der Waals surface area (Å²) in [6, 6.07) is 13.0. The van der Waals surface area contributed by atoms with Gasteiger partial charge in [0.05, 0.1) is 0 Å². The third kappa shape index (κ3) is 2.26. The molecule has 0 aliphatic heterocycles. The van der Waals surface area contributed by atoms with Crippen molar-refractivity contribution in [2.24, 2.45) is 0 Å². The molecule has 0 atom stereocenters. The summed E-state index contributed by atoms with van der Waals surface area (Å²) < 4.78 is 8.21. The van der Waals surface area contributed by atoms with Crippen molar-refractivity contribution in [3.63, 3.8) is 0 Å². The summed E-state index contributed by atoms with van der Waals surface area (Å²) in [6.07, 6.45) is 2.08. The number of benzene rings is 2. The first-order valence-corrected chi connectivity index (χ1v) is 8.26. The van der Waals surface area contributed by atoms with Gasteiger partial charge in [0.1, 0.15) is 5.60 Å². The van der Waals surface area contributed by atoms with E-state index in [9.17, 15) is 0 Å². The van der Waals surface area contributed by atoms with Crippen LogP contribution in [0.5, 0.6) is 0 Å². The summed E-state index contributed by atoms with van der Waals surface area (Å²) in [4.78, 5) is 0. The van der Waals surface area contributed by atoms with E-state index in [0.29, 0.717) is 0 Å². The lowest BCUT2D eigenvalue weighted by atomic mass is 9.85. The van der Waals surface area contributed by atoms with Gasteiger partial charge in [-0.25, -0.2) is 0 Å². The number of aryl methyl sites for hydroxylation is 2. The second-order valence-electron chi connectivity index (χ2n) is 5.34. The Kier molecular flexibility index (Phi) is 3.78. The lowest BCUT2D eigenvalue weighted by molar-refractivity contribution is 0.0385. The predicted octanol–water partition coefficient (Wildman–Crippen LogP) is 5.22.